The monoisotopic (exact) mass is 297 g/mol. The van der Waals surface area contributed by atoms with Gasteiger partial charge in [0.15, 0.2) is 0 Å². The van der Waals surface area contributed by atoms with Gasteiger partial charge in [0, 0.05) is 16.7 Å². The van der Waals surface area contributed by atoms with Gasteiger partial charge in [0.1, 0.15) is 11.8 Å². The molecular formula is C9H6ClF2NO4S. The number of hydrogen-bond acceptors (Lipinski definition) is 5. The summed E-state index contributed by atoms with van der Waals surface area (Å²) in [4.78, 5) is -0.582. The maximum absolute atomic E-state index is 12.1. The maximum atomic E-state index is 12.1. The van der Waals surface area contributed by atoms with Crippen LogP contribution in [0.25, 0.3) is 0 Å². The molecule has 98 valence electrons. The molecule has 0 heterocycles. The highest BCUT2D eigenvalue weighted by molar-refractivity contribution is 8.13. The van der Waals surface area contributed by atoms with Crippen molar-refractivity contribution in [3.63, 3.8) is 0 Å². The summed E-state index contributed by atoms with van der Waals surface area (Å²) in [6.45, 7) is -3.94. The van der Waals surface area contributed by atoms with Crippen molar-refractivity contribution in [3.05, 3.63) is 23.3 Å². The third kappa shape index (κ3) is 3.29. The summed E-state index contributed by atoms with van der Waals surface area (Å²) in [5.41, 5.74) is -0.508. The normalized spacial score (nSPS) is 11.3. The molecule has 0 bridgehead atoms. The van der Waals surface area contributed by atoms with E-state index in [0.29, 0.717) is 6.07 Å². The van der Waals surface area contributed by atoms with Crippen molar-refractivity contribution < 1.29 is 27.0 Å². The molecule has 1 N–H and O–H groups in total. The summed E-state index contributed by atoms with van der Waals surface area (Å²) in [7, 11) is 0.831. The molecule has 1 aromatic rings. The van der Waals surface area contributed by atoms with Crippen molar-refractivity contribution in [2.24, 2.45) is 0 Å². The molecule has 0 aromatic heterocycles. The molecule has 0 aliphatic carbocycles. The first-order chi connectivity index (χ1) is 8.29. The lowest BCUT2D eigenvalue weighted by Gasteiger charge is -2.10. The van der Waals surface area contributed by atoms with E-state index < -0.39 is 32.9 Å². The molecule has 0 unspecified atom stereocenters. The zero-order valence-corrected chi connectivity index (χ0v) is 10.2. The second-order valence-electron chi connectivity index (χ2n) is 3.04. The Balaban J connectivity index is 3.50. The van der Waals surface area contributed by atoms with Gasteiger partial charge in [-0.3, -0.25) is 0 Å². The van der Waals surface area contributed by atoms with Crippen LogP contribution in [0.3, 0.4) is 0 Å². The van der Waals surface area contributed by atoms with E-state index in [1.54, 1.807) is 6.07 Å². The Morgan fingerprint density at radius 2 is 2.11 bits per heavy atom. The largest absolute Gasteiger partial charge is 0.433 e. The Morgan fingerprint density at radius 1 is 1.50 bits per heavy atom. The topological polar surface area (TPSA) is 87.4 Å². The van der Waals surface area contributed by atoms with E-state index in [0.717, 1.165) is 6.07 Å². The number of aliphatic hydroxyl groups excluding tert-OH is 1. The predicted molar refractivity (Wildman–Crippen MR) is 56.8 cm³/mol. The highest BCUT2D eigenvalue weighted by atomic mass is 35.7. The van der Waals surface area contributed by atoms with Gasteiger partial charge in [0.25, 0.3) is 9.05 Å². The summed E-state index contributed by atoms with van der Waals surface area (Å²) in [5, 5.41) is 17.7. The van der Waals surface area contributed by atoms with Crippen molar-refractivity contribution in [2.75, 3.05) is 0 Å². The lowest BCUT2D eigenvalue weighted by atomic mass is 10.1. The highest BCUT2D eigenvalue weighted by Gasteiger charge is 2.21. The first kappa shape index (κ1) is 14.6. The number of alkyl halides is 2. The Kier molecular flexibility index (Phi) is 4.45. The van der Waals surface area contributed by atoms with E-state index in [2.05, 4.69) is 4.74 Å². The van der Waals surface area contributed by atoms with E-state index in [1.165, 1.54) is 0 Å². The smallest absolute Gasteiger partial charge is 0.387 e. The van der Waals surface area contributed by atoms with Gasteiger partial charge in [-0.05, 0) is 11.6 Å². The van der Waals surface area contributed by atoms with Crippen LogP contribution in [0.15, 0.2) is 17.0 Å². The summed E-state index contributed by atoms with van der Waals surface area (Å²) in [5.74, 6) is -0.621. The molecule has 0 aliphatic heterocycles. The molecule has 9 heteroatoms. The van der Waals surface area contributed by atoms with E-state index in [1.807, 2.05) is 0 Å². The molecule has 5 nitrogen and oxygen atoms in total. The number of rotatable bonds is 4. The Morgan fingerprint density at radius 3 is 2.50 bits per heavy atom. The Labute approximate surface area is 106 Å². The molecule has 1 aromatic carbocycles. The van der Waals surface area contributed by atoms with Crippen LogP contribution in [-0.4, -0.2) is 20.1 Å². The Bertz CT molecular complexity index is 597. The molecule has 0 atom stereocenters. The molecule has 0 spiro atoms. The van der Waals surface area contributed by atoms with Crippen LogP contribution >= 0.6 is 10.7 Å². The van der Waals surface area contributed by atoms with Crippen LogP contribution in [0.5, 0.6) is 5.75 Å². The molecule has 0 saturated heterocycles. The highest BCUT2D eigenvalue weighted by Crippen LogP contribution is 2.29. The summed E-state index contributed by atoms with van der Waals surface area (Å²) in [6.07, 6.45) is 0. The van der Waals surface area contributed by atoms with E-state index in [4.69, 9.17) is 21.1 Å². The standard InChI is InChI=1S/C9H6ClF2NO4S/c10-18(15,16)8-2-7(17-9(11)12)5(3-13)1-6(8)4-14/h1-2,9,14H,4H2. The van der Waals surface area contributed by atoms with Crippen LogP contribution in [0, 0.1) is 11.3 Å². The number of hydrogen-bond donors (Lipinski definition) is 1. The van der Waals surface area contributed by atoms with Crippen molar-refractivity contribution in [1.82, 2.24) is 0 Å². The molecule has 0 aliphatic rings. The average Bonchev–Trinajstić information content (AvgIpc) is 2.26. The van der Waals surface area contributed by atoms with Crippen LogP contribution in [0.1, 0.15) is 11.1 Å². The maximum Gasteiger partial charge on any atom is 0.387 e. The fourth-order valence-corrected chi connectivity index (χ4v) is 2.35. The minimum atomic E-state index is -4.25. The number of aliphatic hydroxyl groups is 1. The lowest BCUT2D eigenvalue weighted by molar-refractivity contribution is -0.0502. The molecular weight excluding hydrogens is 292 g/mol. The fourth-order valence-electron chi connectivity index (χ4n) is 1.24. The van der Waals surface area contributed by atoms with Gasteiger partial charge in [-0.1, -0.05) is 0 Å². The van der Waals surface area contributed by atoms with Crippen LogP contribution in [0.2, 0.25) is 0 Å². The predicted octanol–water partition coefficient (Wildman–Crippen LogP) is 1.58. The summed E-state index contributed by atoms with van der Waals surface area (Å²) >= 11 is 0. The number of nitriles is 1. The van der Waals surface area contributed by atoms with E-state index in [-0.39, 0.29) is 11.1 Å². The summed E-state index contributed by atoms with van der Waals surface area (Å²) < 4.78 is 50.5. The van der Waals surface area contributed by atoms with Crippen molar-refractivity contribution in [3.8, 4) is 11.8 Å². The number of halogens is 3. The van der Waals surface area contributed by atoms with Crippen LogP contribution in [0.4, 0.5) is 8.78 Å². The first-order valence-corrected chi connectivity index (χ1v) is 6.68. The van der Waals surface area contributed by atoms with Gasteiger partial charge in [-0.2, -0.15) is 14.0 Å². The van der Waals surface area contributed by atoms with Crippen molar-refractivity contribution in [1.29, 1.82) is 5.26 Å². The number of benzene rings is 1. The van der Waals surface area contributed by atoms with E-state index >= 15 is 0 Å². The Hall–Kier alpha value is -1.43. The molecule has 0 saturated carbocycles. The molecule has 0 radical (unpaired) electrons. The molecule has 1 rings (SSSR count). The zero-order chi connectivity index (χ0) is 13.9. The quantitative estimate of drug-likeness (QED) is 0.853. The van der Waals surface area contributed by atoms with Gasteiger partial charge in [0.2, 0.25) is 0 Å². The van der Waals surface area contributed by atoms with E-state index in [9.17, 15) is 17.2 Å². The third-order valence-corrected chi connectivity index (χ3v) is 3.34. The minimum Gasteiger partial charge on any atom is -0.433 e. The lowest BCUT2D eigenvalue weighted by Crippen LogP contribution is -2.07. The van der Waals surface area contributed by atoms with Gasteiger partial charge in [-0.25, -0.2) is 8.42 Å². The SMILES string of the molecule is N#Cc1cc(CO)c(S(=O)(=O)Cl)cc1OC(F)F. The second-order valence-corrected chi connectivity index (χ2v) is 5.58. The van der Waals surface area contributed by atoms with Crippen molar-refractivity contribution >= 4 is 19.7 Å². The second kappa shape index (κ2) is 5.48. The third-order valence-electron chi connectivity index (χ3n) is 1.93. The van der Waals surface area contributed by atoms with Gasteiger partial charge in [-0.15, -0.1) is 0 Å². The number of ether oxygens (including phenoxy) is 1. The summed E-state index contributed by atoms with van der Waals surface area (Å²) in [6, 6.07) is 3.15. The molecule has 0 amide bonds. The minimum absolute atomic E-state index is 0.178. The fraction of sp³-hybridized carbons (Fsp3) is 0.222. The van der Waals surface area contributed by atoms with Crippen LogP contribution < -0.4 is 4.74 Å². The molecule has 0 fully saturated rings. The zero-order valence-electron chi connectivity index (χ0n) is 8.60. The number of nitrogens with zero attached hydrogens (tertiary/aromatic N) is 1. The van der Waals surface area contributed by atoms with Crippen LogP contribution in [-0.2, 0) is 15.7 Å². The molecule has 18 heavy (non-hydrogen) atoms. The van der Waals surface area contributed by atoms with Gasteiger partial charge in [0.05, 0.1) is 17.1 Å². The average molecular weight is 298 g/mol. The van der Waals surface area contributed by atoms with Crippen molar-refractivity contribution in [2.45, 2.75) is 18.1 Å². The first-order valence-electron chi connectivity index (χ1n) is 4.37. The van der Waals surface area contributed by atoms with Gasteiger partial charge < -0.3 is 9.84 Å². The van der Waals surface area contributed by atoms with Gasteiger partial charge >= 0.3 is 6.61 Å².